The SMILES string of the molecule is O=C(O)[C@@H](Cc1ccccc1)N1CCCCC1=O. The molecule has 4 nitrogen and oxygen atoms in total. The van der Waals surface area contributed by atoms with Crippen LogP contribution in [0, 0.1) is 0 Å². The van der Waals surface area contributed by atoms with E-state index in [2.05, 4.69) is 0 Å². The largest absolute Gasteiger partial charge is 0.480 e. The van der Waals surface area contributed by atoms with Crippen molar-refractivity contribution < 1.29 is 14.7 Å². The highest BCUT2D eigenvalue weighted by Crippen LogP contribution is 2.17. The van der Waals surface area contributed by atoms with Crippen LogP contribution in [0.3, 0.4) is 0 Å². The molecule has 0 radical (unpaired) electrons. The molecule has 0 bridgehead atoms. The van der Waals surface area contributed by atoms with Gasteiger partial charge in [0.05, 0.1) is 0 Å². The molecule has 0 spiro atoms. The van der Waals surface area contributed by atoms with Crippen molar-refractivity contribution in [2.45, 2.75) is 31.7 Å². The third kappa shape index (κ3) is 2.88. The summed E-state index contributed by atoms with van der Waals surface area (Å²) in [6.45, 7) is 0.558. The lowest BCUT2D eigenvalue weighted by Gasteiger charge is -2.32. The number of hydrogen-bond donors (Lipinski definition) is 1. The van der Waals surface area contributed by atoms with Gasteiger partial charge in [0.2, 0.25) is 5.91 Å². The summed E-state index contributed by atoms with van der Waals surface area (Å²) < 4.78 is 0. The molecule has 0 saturated carbocycles. The molecule has 1 amide bonds. The Hall–Kier alpha value is -1.84. The second kappa shape index (κ2) is 5.67. The zero-order valence-corrected chi connectivity index (χ0v) is 10.2. The van der Waals surface area contributed by atoms with Gasteiger partial charge in [-0.2, -0.15) is 0 Å². The lowest BCUT2D eigenvalue weighted by molar-refractivity contribution is -0.151. The van der Waals surface area contributed by atoms with Crippen molar-refractivity contribution in [2.24, 2.45) is 0 Å². The minimum Gasteiger partial charge on any atom is -0.480 e. The van der Waals surface area contributed by atoms with E-state index in [1.807, 2.05) is 30.3 Å². The molecule has 1 atom stereocenters. The standard InChI is InChI=1S/C14H17NO3/c16-13-8-4-5-9-15(13)12(14(17)18)10-11-6-2-1-3-7-11/h1-3,6-7,12H,4-5,8-10H2,(H,17,18)/t12-/m1/s1. The molecule has 1 aromatic carbocycles. The molecule has 1 aliphatic heterocycles. The Kier molecular flexibility index (Phi) is 3.97. The quantitative estimate of drug-likeness (QED) is 0.881. The van der Waals surface area contributed by atoms with Gasteiger partial charge < -0.3 is 10.0 Å². The van der Waals surface area contributed by atoms with Crippen molar-refractivity contribution in [1.29, 1.82) is 0 Å². The van der Waals surface area contributed by atoms with E-state index < -0.39 is 12.0 Å². The normalized spacial score (nSPS) is 17.6. The van der Waals surface area contributed by atoms with Gasteiger partial charge in [-0.3, -0.25) is 4.79 Å². The van der Waals surface area contributed by atoms with Gasteiger partial charge >= 0.3 is 5.97 Å². The Morgan fingerprint density at radius 3 is 2.61 bits per heavy atom. The summed E-state index contributed by atoms with van der Waals surface area (Å²) in [6, 6.07) is 8.71. The maximum atomic E-state index is 11.8. The molecule has 1 N–H and O–H groups in total. The molecule has 4 heteroatoms. The number of rotatable bonds is 4. The lowest BCUT2D eigenvalue weighted by atomic mass is 10.0. The first-order chi connectivity index (χ1) is 8.68. The number of carboxylic acids is 1. The maximum absolute atomic E-state index is 11.8. The van der Waals surface area contributed by atoms with E-state index >= 15 is 0 Å². The van der Waals surface area contributed by atoms with E-state index in [9.17, 15) is 14.7 Å². The van der Waals surface area contributed by atoms with E-state index in [1.54, 1.807) is 0 Å². The van der Waals surface area contributed by atoms with Gasteiger partial charge in [-0.15, -0.1) is 0 Å². The molecule has 1 aliphatic rings. The Balaban J connectivity index is 2.13. The topological polar surface area (TPSA) is 57.6 Å². The van der Waals surface area contributed by atoms with Crippen LogP contribution in [0.15, 0.2) is 30.3 Å². The molecule has 0 aliphatic carbocycles. The lowest BCUT2D eigenvalue weighted by Crippen LogP contribution is -2.48. The number of carboxylic acid groups (broad SMARTS) is 1. The van der Waals surface area contributed by atoms with Gasteiger partial charge in [-0.25, -0.2) is 4.79 Å². The Labute approximate surface area is 106 Å². The number of nitrogens with zero attached hydrogens (tertiary/aromatic N) is 1. The van der Waals surface area contributed by atoms with E-state index in [1.165, 1.54) is 4.90 Å². The molecule has 18 heavy (non-hydrogen) atoms. The summed E-state index contributed by atoms with van der Waals surface area (Å²) in [7, 11) is 0. The van der Waals surface area contributed by atoms with Gasteiger partial charge in [-0.05, 0) is 18.4 Å². The van der Waals surface area contributed by atoms with Crippen LogP contribution < -0.4 is 0 Å². The van der Waals surface area contributed by atoms with Crippen LogP contribution in [0.2, 0.25) is 0 Å². The summed E-state index contributed by atoms with van der Waals surface area (Å²) >= 11 is 0. The first-order valence-electron chi connectivity index (χ1n) is 6.24. The molecule has 1 aromatic rings. The zero-order valence-electron chi connectivity index (χ0n) is 10.2. The van der Waals surface area contributed by atoms with E-state index in [-0.39, 0.29) is 5.91 Å². The van der Waals surface area contributed by atoms with Gasteiger partial charge in [0.25, 0.3) is 0 Å². The zero-order chi connectivity index (χ0) is 13.0. The first-order valence-corrected chi connectivity index (χ1v) is 6.24. The van der Waals surface area contributed by atoms with Crippen LogP contribution in [-0.2, 0) is 16.0 Å². The minimum absolute atomic E-state index is 0.0374. The van der Waals surface area contributed by atoms with Crippen LogP contribution in [0.25, 0.3) is 0 Å². The van der Waals surface area contributed by atoms with Gasteiger partial charge in [0.15, 0.2) is 0 Å². The van der Waals surface area contributed by atoms with Crippen molar-refractivity contribution >= 4 is 11.9 Å². The van der Waals surface area contributed by atoms with E-state index in [4.69, 9.17) is 0 Å². The number of aliphatic carboxylic acids is 1. The average molecular weight is 247 g/mol. The number of carbonyl (C=O) groups is 2. The number of benzene rings is 1. The summed E-state index contributed by atoms with van der Waals surface area (Å²) in [5.41, 5.74) is 0.947. The van der Waals surface area contributed by atoms with Gasteiger partial charge in [0.1, 0.15) is 6.04 Å². The maximum Gasteiger partial charge on any atom is 0.326 e. The van der Waals surface area contributed by atoms with Gasteiger partial charge in [0, 0.05) is 19.4 Å². The highest BCUT2D eigenvalue weighted by atomic mass is 16.4. The Morgan fingerprint density at radius 2 is 2.00 bits per heavy atom. The van der Waals surface area contributed by atoms with Crippen LogP contribution in [0.4, 0.5) is 0 Å². The molecule has 1 saturated heterocycles. The average Bonchev–Trinajstić information content (AvgIpc) is 2.38. The molecule has 1 fully saturated rings. The third-order valence-corrected chi connectivity index (χ3v) is 3.29. The van der Waals surface area contributed by atoms with Crippen LogP contribution >= 0.6 is 0 Å². The van der Waals surface area contributed by atoms with Crippen molar-refractivity contribution in [3.05, 3.63) is 35.9 Å². The summed E-state index contributed by atoms with van der Waals surface area (Å²) in [6.07, 6.45) is 2.61. The summed E-state index contributed by atoms with van der Waals surface area (Å²) in [5, 5.41) is 9.31. The number of carbonyl (C=O) groups excluding carboxylic acids is 1. The van der Waals surface area contributed by atoms with Crippen molar-refractivity contribution in [3.8, 4) is 0 Å². The highest BCUT2D eigenvalue weighted by Gasteiger charge is 2.31. The minimum atomic E-state index is -0.922. The van der Waals surface area contributed by atoms with Crippen molar-refractivity contribution in [2.75, 3.05) is 6.54 Å². The predicted molar refractivity (Wildman–Crippen MR) is 67.1 cm³/mol. The molecule has 96 valence electrons. The molecule has 2 rings (SSSR count). The second-order valence-electron chi connectivity index (χ2n) is 4.59. The van der Waals surface area contributed by atoms with Crippen molar-refractivity contribution in [1.82, 2.24) is 4.90 Å². The third-order valence-electron chi connectivity index (χ3n) is 3.29. The molecular formula is C14H17NO3. The Morgan fingerprint density at radius 1 is 1.28 bits per heavy atom. The second-order valence-corrected chi connectivity index (χ2v) is 4.59. The van der Waals surface area contributed by atoms with Crippen molar-refractivity contribution in [3.63, 3.8) is 0 Å². The number of amides is 1. The predicted octanol–water partition coefficient (Wildman–Crippen LogP) is 1.69. The fourth-order valence-corrected chi connectivity index (χ4v) is 2.32. The molecule has 1 heterocycles. The number of hydrogen-bond acceptors (Lipinski definition) is 2. The smallest absolute Gasteiger partial charge is 0.326 e. The molecule has 0 aromatic heterocycles. The summed E-state index contributed by atoms with van der Waals surface area (Å²) in [4.78, 5) is 24.7. The summed E-state index contributed by atoms with van der Waals surface area (Å²) in [5.74, 6) is -0.960. The highest BCUT2D eigenvalue weighted by molar-refractivity contribution is 5.84. The fourth-order valence-electron chi connectivity index (χ4n) is 2.32. The van der Waals surface area contributed by atoms with E-state index in [0.717, 1.165) is 18.4 Å². The monoisotopic (exact) mass is 247 g/mol. The van der Waals surface area contributed by atoms with Gasteiger partial charge in [-0.1, -0.05) is 30.3 Å². The Bertz CT molecular complexity index is 430. The van der Waals surface area contributed by atoms with Crippen LogP contribution in [0.5, 0.6) is 0 Å². The number of piperidine rings is 1. The van der Waals surface area contributed by atoms with Crippen LogP contribution in [-0.4, -0.2) is 34.5 Å². The number of likely N-dealkylation sites (tertiary alicyclic amines) is 1. The van der Waals surface area contributed by atoms with Crippen LogP contribution in [0.1, 0.15) is 24.8 Å². The van der Waals surface area contributed by atoms with E-state index in [0.29, 0.717) is 19.4 Å². The fraction of sp³-hybridized carbons (Fsp3) is 0.429. The first kappa shape index (κ1) is 12.6. The molecular weight excluding hydrogens is 230 g/mol. The molecule has 0 unspecified atom stereocenters.